The van der Waals surface area contributed by atoms with Gasteiger partial charge in [-0.1, -0.05) is 29.8 Å². The molecule has 0 aliphatic heterocycles. The van der Waals surface area contributed by atoms with Crippen LogP contribution in [-0.4, -0.2) is 43.9 Å². The second-order valence-electron chi connectivity index (χ2n) is 5.91. The van der Waals surface area contributed by atoms with Crippen molar-refractivity contribution in [2.75, 3.05) is 27.2 Å². The summed E-state index contributed by atoms with van der Waals surface area (Å²) in [7, 11) is 3.89. The van der Waals surface area contributed by atoms with E-state index in [1.807, 2.05) is 37.2 Å². The molecule has 0 heterocycles. The molecule has 0 atom stereocenters. The largest absolute Gasteiger partial charge is 0.351 e. The van der Waals surface area contributed by atoms with Gasteiger partial charge in [-0.15, -0.1) is 0 Å². The van der Waals surface area contributed by atoms with Crippen molar-refractivity contribution in [1.29, 1.82) is 0 Å². The number of nitrogens with zero attached hydrogens (tertiary/aromatic N) is 1. The van der Waals surface area contributed by atoms with Crippen molar-refractivity contribution in [3.8, 4) is 0 Å². The molecule has 0 unspecified atom stereocenters. The molecule has 0 spiro atoms. The van der Waals surface area contributed by atoms with E-state index in [9.17, 15) is 9.59 Å². The summed E-state index contributed by atoms with van der Waals surface area (Å²) in [4.78, 5) is 26.2. The number of halogens is 1. The Kier molecular flexibility index (Phi) is 6.98. The van der Waals surface area contributed by atoms with Crippen LogP contribution >= 0.6 is 11.6 Å². The van der Waals surface area contributed by atoms with E-state index in [2.05, 4.69) is 10.6 Å². The smallest absolute Gasteiger partial charge is 0.251 e. The van der Waals surface area contributed by atoms with Crippen LogP contribution in [-0.2, 0) is 6.54 Å². The number of nitrogens with one attached hydrogen (secondary N) is 2. The molecule has 0 aliphatic rings. The van der Waals surface area contributed by atoms with Gasteiger partial charge in [0.05, 0.1) is 0 Å². The lowest BCUT2D eigenvalue weighted by Gasteiger charge is -2.11. The van der Waals surface area contributed by atoms with E-state index >= 15 is 0 Å². The van der Waals surface area contributed by atoms with E-state index in [1.54, 1.807) is 30.3 Å². The van der Waals surface area contributed by atoms with Gasteiger partial charge in [0, 0.05) is 35.8 Å². The van der Waals surface area contributed by atoms with Gasteiger partial charge in [-0.2, -0.15) is 0 Å². The van der Waals surface area contributed by atoms with Gasteiger partial charge in [-0.3, -0.25) is 9.59 Å². The first-order valence-electron chi connectivity index (χ1n) is 8.02. The third-order valence-electron chi connectivity index (χ3n) is 3.65. The fourth-order valence-electron chi connectivity index (χ4n) is 2.19. The number of hydrogen-bond acceptors (Lipinski definition) is 3. The summed E-state index contributed by atoms with van der Waals surface area (Å²) in [6.45, 7) is 1.70. The molecule has 2 aromatic carbocycles. The first kappa shape index (κ1) is 19.0. The average Bonchev–Trinajstić information content (AvgIpc) is 2.60. The number of likely N-dealkylation sites (N-methyl/N-ethyl adjacent to an activating group) is 1. The Bertz CT molecular complexity index is 730. The van der Waals surface area contributed by atoms with Crippen LogP contribution < -0.4 is 10.6 Å². The predicted octanol–water partition coefficient (Wildman–Crippen LogP) is 2.56. The monoisotopic (exact) mass is 359 g/mol. The van der Waals surface area contributed by atoms with Gasteiger partial charge in [0.25, 0.3) is 11.8 Å². The van der Waals surface area contributed by atoms with Crippen molar-refractivity contribution in [2.24, 2.45) is 0 Å². The number of hydrogen-bond donors (Lipinski definition) is 2. The third-order valence-corrected chi connectivity index (χ3v) is 4.02. The molecule has 0 saturated carbocycles. The zero-order valence-corrected chi connectivity index (χ0v) is 15.1. The van der Waals surface area contributed by atoms with Gasteiger partial charge in [-0.25, -0.2) is 0 Å². The van der Waals surface area contributed by atoms with E-state index in [0.29, 0.717) is 29.2 Å². The molecule has 0 aromatic heterocycles. The van der Waals surface area contributed by atoms with E-state index < -0.39 is 0 Å². The van der Waals surface area contributed by atoms with Gasteiger partial charge in [0.15, 0.2) is 0 Å². The highest BCUT2D eigenvalue weighted by atomic mass is 35.5. The van der Waals surface area contributed by atoms with Crippen LogP contribution in [0.2, 0.25) is 5.02 Å². The Labute approximate surface area is 153 Å². The summed E-state index contributed by atoms with van der Waals surface area (Å²) < 4.78 is 0. The van der Waals surface area contributed by atoms with Gasteiger partial charge < -0.3 is 15.5 Å². The maximum absolute atomic E-state index is 12.2. The normalized spacial score (nSPS) is 10.6. The summed E-state index contributed by atoms with van der Waals surface area (Å²) >= 11 is 6.07. The van der Waals surface area contributed by atoms with Gasteiger partial charge >= 0.3 is 0 Å². The van der Waals surface area contributed by atoms with E-state index in [-0.39, 0.29) is 11.8 Å². The SMILES string of the molecule is CN(C)CCNC(=O)c1ccc(C(=O)NCc2ccccc2Cl)cc1. The first-order valence-corrected chi connectivity index (χ1v) is 8.40. The lowest BCUT2D eigenvalue weighted by molar-refractivity contribution is 0.0939. The summed E-state index contributed by atoms with van der Waals surface area (Å²) in [6, 6.07) is 13.9. The summed E-state index contributed by atoms with van der Waals surface area (Å²) in [5.74, 6) is -0.357. The molecule has 2 rings (SSSR count). The summed E-state index contributed by atoms with van der Waals surface area (Å²) in [5.41, 5.74) is 1.88. The number of rotatable bonds is 7. The molecular formula is C19H22ClN3O2. The topological polar surface area (TPSA) is 61.4 Å². The number of carbonyl (C=O) groups excluding carboxylic acids is 2. The van der Waals surface area contributed by atoms with E-state index in [4.69, 9.17) is 11.6 Å². The molecule has 2 aromatic rings. The van der Waals surface area contributed by atoms with Crippen molar-refractivity contribution in [1.82, 2.24) is 15.5 Å². The lowest BCUT2D eigenvalue weighted by atomic mass is 10.1. The van der Waals surface area contributed by atoms with Crippen molar-refractivity contribution in [3.05, 3.63) is 70.2 Å². The molecule has 6 heteroatoms. The fourth-order valence-corrected chi connectivity index (χ4v) is 2.39. The molecular weight excluding hydrogens is 338 g/mol. The quantitative estimate of drug-likeness (QED) is 0.798. The van der Waals surface area contributed by atoms with Crippen LogP contribution in [0.3, 0.4) is 0 Å². The van der Waals surface area contributed by atoms with Crippen LogP contribution in [0, 0.1) is 0 Å². The van der Waals surface area contributed by atoms with Crippen LogP contribution in [0.4, 0.5) is 0 Å². The molecule has 2 amide bonds. The van der Waals surface area contributed by atoms with Crippen LogP contribution in [0.15, 0.2) is 48.5 Å². The Morgan fingerprint density at radius 1 is 0.920 bits per heavy atom. The molecule has 0 radical (unpaired) electrons. The number of benzene rings is 2. The average molecular weight is 360 g/mol. The van der Waals surface area contributed by atoms with Crippen molar-refractivity contribution < 1.29 is 9.59 Å². The molecule has 0 aliphatic carbocycles. The van der Waals surface area contributed by atoms with Crippen molar-refractivity contribution >= 4 is 23.4 Å². The maximum Gasteiger partial charge on any atom is 0.251 e. The number of carbonyl (C=O) groups is 2. The molecule has 5 nitrogen and oxygen atoms in total. The van der Waals surface area contributed by atoms with Crippen LogP contribution in [0.25, 0.3) is 0 Å². The minimum atomic E-state index is -0.209. The highest BCUT2D eigenvalue weighted by Gasteiger charge is 2.09. The zero-order chi connectivity index (χ0) is 18.2. The third kappa shape index (κ3) is 5.89. The highest BCUT2D eigenvalue weighted by Crippen LogP contribution is 2.14. The van der Waals surface area contributed by atoms with Gasteiger partial charge in [-0.05, 0) is 50.0 Å². The molecule has 2 N–H and O–H groups in total. The lowest BCUT2D eigenvalue weighted by Crippen LogP contribution is -2.31. The zero-order valence-electron chi connectivity index (χ0n) is 14.4. The van der Waals surface area contributed by atoms with E-state index in [1.165, 1.54) is 0 Å². The Morgan fingerprint density at radius 2 is 1.48 bits per heavy atom. The standard InChI is InChI=1S/C19H22ClN3O2/c1-23(2)12-11-21-18(24)14-7-9-15(10-8-14)19(25)22-13-16-5-3-4-6-17(16)20/h3-10H,11-13H2,1-2H3,(H,21,24)(H,22,25). The maximum atomic E-state index is 12.2. The molecule has 0 saturated heterocycles. The summed E-state index contributed by atoms with van der Waals surface area (Å²) in [5, 5.41) is 6.28. The molecule has 25 heavy (non-hydrogen) atoms. The minimum absolute atomic E-state index is 0.148. The summed E-state index contributed by atoms with van der Waals surface area (Å²) in [6.07, 6.45) is 0. The Hall–Kier alpha value is -2.37. The van der Waals surface area contributed by atoms with Crippen molar-refractivity contribution in [2.45, 2.75) is 6.54 Å². The second kappa shape index (κ2) is 9.20. The van der Waals surface area contributed by atoms with Gasteiger partial charge in [0.2, 0.25) is 0 Å². The first-order chi connectivity index (χ1) is 12.0. The molecule has 0 bridgehead atoms. The molecule has 0 fully saturated rings. The fraction of sp³-hybridized carbons (Fsp3) is 0.263. The van der Waals surface area contributed by atoms with Crippen LogP contribution in [0.1, 0.15) is 26.3 Å². The van der Waals surface area contributed by atoms with Gasteiger partial charge in [0.1, 0.15) is 0 Å². The second-order valence-corrected chi connectivity index (χ2v) is 6.32. The highest BCUT2D eigenvalue weighted by molar-refractivity contribution is 6.31. The van der Waals surface area contributed by atoms with Crippen molar-refractivity contribution in [3.63, 3.8) is 0 Å². The molecule has 132 valence electrons. The van der Waals surface area contributed by atoms with Crippen LogP contribution in [0.5, 0.6) is 0 Å². The number of amides is 2. The Morgan fingerprint density at radius 3 is 2.04 bits per heavy atom. The predicted molar refractivity (Wildman–Crippen MR) is 100.0 cm³/mol. The Balaban J connectivity index is 1.89. The minimum Gasteiger partial charge on any atom is -0.351 e. The van der Waals surface area contributed by atoms with E-state index in [0.717, 1.165) is 12.1 Å².